The molecule has 0 spiro atoms. The van der Waals surface area contributed by atoms with Crippen molar-refractivity contribution in [1.82, 2.24) is 4.90 Å². The van der Waals surface area contributed by atoms with E-state index < -0.39 is 0 Å². The fourth-order valence-electron chi connectivity index (χ4n) is 4.10. The number of nitrogens with zero attached hydrogens (tertiary/aromatic N) is 1. The summed E-state index contributed by atoms with van der Waals surface area (Å²) in [5.74, 6) is 3.40. The summed E-state index contributed by atoms with van der Waals surface area (Å²) in [5.41, 5.74) is 2.96. The predicted molar refractivity (Wildman–Crippen MR) is 123 cm³/mol. The van der Waals surface area contributed by atoms with Gasteiger partial charge in [-0.1, -0.05) is 13.0 Å². The topological polar surface area (TPSA) is 66.5 Å². The lowest BCUT2D eigenvalue weighted by atomic mass is 9.87. The first-order valence-electron chi connectivity index (χ1n) is 10.7. The molecule has 2 aromatic rings. The van der Waals surface area contributed by atoms with Gasteiger partial charge >= 0.3 is 0 Å². The SMILES string of the molecule is COc1ccc(CC(=O)CC(C)c2c(CCN(C)C)cc3c(c2OC)OCO3)c(OC)c1. The molecule has 0 saturated heterocycles. The summed E-state index contributed by atoms with van der Waals surface area (Å²) >= 11 is 0. The van der Waals surface area contributed by atoms with Crippen LogP contribution in [0.2, 0.25) is 0 Å². The molecule has 1 aliphatic rings. The van der Waals surface area contributed by atoms with Gasteiger partial charge < -0.3 is 28.6 Å². The van der Waals surface area contributed by atoms with E-state index in [0.29, 0.717) is 35.2 Å². The molecule has 7 heteroatoms. The molecule has 0 saturated carbocycles. The number of carbonyl (C=O) groups is 1. The molecule has 1 unspecified atom stereocenters. The lowest BCUT2D eigenvalue weighted by Crippen LogP contribution is -2.17. The van der Waals surface area contributed by atoms with Crippen molar-refractivity contribution in [1.29, 1.82) is 0 Å². The van der Waals surface area contributed by atoms with Crippen LogP contribution in [0.4, 0.5) is 0 Å². The summed E-state index contributed by atoms with van der Waals surface area (Å²) in [6, 6.07) is 7.54. The highest BCUT2D eigenvalue weighted by Gasteiger charge is 2.28. The molecule has 0 radical (unpaired) electrons. The number of hydrogen-bond acceptors (Lipinski definition) is 7. The van der Waals surface area contributed by atoms with Crippen molar-refractivity contribution >= 4 is 5.78 Å². The smallest absolute Gasteiger partial charge is 0.231 e. The zero-order valence-electron chi connectivity index (χ0n) is 19.8. The predicted octanol–water partition coefficient (Wildman–Crippen LogP) is 3.85. The van der Waals surface area contributed by atoms with E-state index in [2.05, 4.69) is 11.8 Å². The number of rotatable bonds is 11. The number of Topliss-reactive ketones (excluding diaryl/α,β-unsaturated/α-hetero) is 1. The van der Waals surface area contributed by atoms with Crippen molar-refractivity contribution in [2.45, 2.75) is 32.1 Å². The minimum absolute atomic E-state index is 0.0478. The molecule has 0 fully saturated rings. The first kappa shape index (κ1) is 23.7. The van der Waals surface area contributed by atoms with Gasteiger partial charge in [0.1, 0.15) is 17.3 Å². The second-order valence-corrected chi connectivity index (χ2v) is 8.27. The fourth-order valence-corrected chi connectivity index (χ4v) is 4.10. The normalized spacial score (nSPS) is 13.2. The first-order chi connectivity index (χ1) is 15.4. The summed E-state index contributed by atoms with van der Waals surface area (Å²) in [6.45, 7) is 3.11. The molecule has 174 valence electrons. The van der Waals surface area contributed by atoms with Crippen LogP contribution < -0.4 is 23.7 Å². The molecule has 1 atom stereocenters. The molecule has 1 aliphatic heterocycles. The lowest BCUT2D eigenvalue weighted by Gasteiger charge is -2.22. The van der Waals surface area contributed by atoms with E-state index in [0.717, 1.165) is 29.7 Å². The van der Waals surface area contributed by atoms with Crippen molar-refractivity contribution < 1.29 is 28.5 Å². The van der Waals surface area contributed by atoms with E-state index in [-0.39, 0.29) is 24.9 Å². The summed E-state index contributed by atoms with van der Waals surface area (Å²) in [7, 11) is 8.92. The van der Waals surface area contributed by atoms with Crippen LogP contribution in [0.1, 0.15) is 36.0 Å². The van der Waals surface area contributed by atoms with E-state index >= 15 is 0 Å². The minimum atomic E-state index is -0.0478. The van der Waals surface area contributed by atoms with Crippen LogP contribution in [0.15, 0.2) is 24.3 Å². The van der Waals surface area contributed by atoms with Gasteiger partial charge in [0.05, 0.1) is 21.3 Å². The Hall–Kier alpha value is -2.93. The largest absolute Gasteiger partial charge is 0.497 e. The maximum absolute atomic E-state index is 13.0. The third kappa shape index (κ3) is 5.27. The maximum atomic E-state index is 13.0. The Morgan fingerprint density at radius 2 is 1.84 bits per heavy atom. The number of likely N-dealkylation sites (N-methyl/N-ethyl adjacent to an activating group) is 1. The van der Waals surface area contributed by atoms with Gasteiger partial charge in [-0.15, -0.1) is 0 Å². The molecule has 0 bridgehead atoms. The molecule has 2 aromatic carbocycles. The van der Waals surface area contributed by atoms with Gasteiger partial charge in [-0.25, -0.2) is 0 Å². The van der Waals surface area contributed by atoms with Crippen molar-refractivity contribution in [3.05, 3.63) is 41.0 Å². The summed E-state index contributed by atoms with van der Waals surface area (Å²) < 4.78 is 27.8. The zero-order valence-corrected chi connectivity index (χ0v) is 19.8. The van der Waals surface area contributed by atoms with Gasteiger partial charge in [-0.2, -0.15) is 0 Å². The highest BCUT2D eigenvalue weighted by atomic mass is 16.7. The number of benzene rings is 2. The van der Waals surface area contributed by atoms with Gasteiger partial charge in [0.2, 0.25) is 12.5 Å². The fraction of sp³-hybridized carbons (Fsp3) is 0.480. The van der Waals surface area contributed by atoms with Crippen LogP contribution >= 0.6 is 0 Å². The van der Waals surface area contributed by atoms with Gasteiger partial charge in [0.25, 0.3) is 0 Å². The van der Waals surface area contributed by atoms with Gasteiger partial charge in [0.15, 0.2) is 11.5 Å². The van der Waals surface area contributed by atoms with Crippen molar-refractivity contribution in [2.24, 2.45) is 0 Å². The number of carbonyl (C=O) groups excluding carboxylic acids is 1. The van der Waals surface area contributed by atoms with Crippen LogP contribution in [-0.2, 0) is 17.6 Å². The molecule has 0 aliphatic carbocycles. The Balaban J connectivity index is 1.85. The third-order valence-electron chi connectivity index (χ3n) is 5.68. The van der Waals surface area contributed by atoms with Crippen molar-refractivity contribution in [3.63, 3.8) is 0 Å². The van der Waals surface area contributed by atoms with Crippen molar-refractivity contribution in [2.75, 3.05) is 48.8 Å². The lowest BCUT2D eigenvalue weighted by molar-refractivity contribution is -0.118. The Bertz CT molecular complexity index is 956. The maximum Gasteiger partial charge on any atom is 0.231 e. The Morgan fingerprint density at radius 3 is 2.50 bits per heavy atom. The number of hydrogen-bond donors (Lipinski definition) is 0. The molecule has 3 rings (SSSR count). The Labute approximate surface area is 190 Å². The summed E-state index contributed by atoms with van der Waals surface area (Å²) in [6.07, 6.45) is 1.48. The van der Waals surface area contributed by atoms with Crippen LogP contribution in [0.25, 0.3) is 0 Å². The highest BCUT2D eigenvalue weighted by molar-refractivity contribution is 5.82. The molecule has 0 N–H and O–H groups in total. The second kappa shape index (κ2) is 10.6. The van der Waals surface area contributed by atoms with E-state index in [1.54, 1.807) is 27.4 Å². The van der Waals surface area contributed by atoms with E-state index in [1.807, 2.05) is 32.3 Å². The van der Waals surface area contributed by atoms with Crippen LogP contribution in [0, 0.1) is 0 Å². The first-order valence-corrected chi connectivity index (χ1v) is 10.7. The number of methoxy groups -OCH3 is 3. The number of ketones is 1. The molecule has 1 heterocycles. The number of ether oxygens (including phenoxy) is 5. The average Bonchev–Trinajstić information content (AvgIpc) is 3.24. The van der Waals surface area contributed by atoms with Crippen molar-refractivity contribution in [3.8, 4) is 28.7 Å². The van der Waals surface area contributed by atoms with Gasteiger partial charge in [-0.05, 0) is 44.1 Å². The standard InChI is InChI=1S/C25H33NO6/c1-16(11-19(27)12-17-7-8-20(28-4)14-21(17)29-5)23-18(9-10-26(2)3)13-22-24(25(23)30-6)32-15-31-22/h7-8,13-14,16H,9-12,15H2,1-6H3. The monoisotopic (exact) mass is 443 g/mol. The number of fused-ring (bicyclic) bond motifs is 1. The molecule has 0 aromatic heterocycles. The third-order valence-corrected chi connectivity index (χ3v) is 5.68. The second-order valence-electron chi connectivity index (χ2n) is 8.27. The Kier molecular flexibility index (Phi) is 7.85. The minimum Gasteiger partial charge on any atom is -0.497 e. The van der Waals surface area contributed by atoms with E-state index in [1.165, 1.54) is 0 Å². The van der Waals surface area contributed by atoms with Gasteiger partial charge in [0, 0.05) is 36.6 Å². The average molecular weight is 444 g/mol. The van der Waals surface area contributed by atoms with Gasteiger partial charge in [-0.3, -0.25) is 4.79 Å². The molecule has 0 amide bonds. The molecule has 7 nitrogen and oxygen atoms in total. The Morgan fingerprint density at radius 1 is 1.06 bits per heavy atom. The van der Waals surface area contributed by atoms with Crippen LogP contribution in [0.5, 0.6) is 28.7 Å². The van der Waals surface area contributed by atoms with E-state index in [9.17, 15) is 4.79 Å². The molecule has 32 heavy (non-hydrogen) atoms. The summed E-state index contributed by atoms with van der Waals surface area (Å²) in [4.78, 5) is 15.2. The highest BCUT2D eigenvalue weighted by Crippen LogP contribution is 2.48. The zero-order chi connectivity index (χ0) is 23.3. The molecular weight excluding hydrogens is 410 g/mol. The quantitative estimate of drug-likeness (QED) is 0.523. The van der Waals surface area contributed by atoms with Crippen LogP contribution in [0.3, 0.4) is 0 Å². The molecular formula is C25H33NO6. The van der Waals surface area contributed by atoms with E-state index in [4.69, 9.17) is 23.7 Å². The van der Waals surface area contributed by atoms with Crippen LogP contribution in [-0.4, -0.2) is 59.4 Å². The summed E-state index contributed by atoms with van der Waals surface area (Å²) in [5, 5.41) is 0.